The van der Waals surface area contributed by atoms with Crippen LogP contribution < -0.4 is 0 Å². The second-order valence-electron chi connectivity index (χ2n) is 8.96. The van der Waals surface area contributed by atoms with E-state index in [9.17, 15) is 13.0 Å². The van der Waals surface area contributed by atoms with E-state index in [2.05, 4.69) is 20.9 Å². The molecule has 0 aliphatic heterocycles. The highest BCUT2D eigenvalue weighted by atomic mass is 32.2. The minimum atomic E-state index is -4.27. The summed E-state index contributed by atoms with van der Waals surface area (Å²) in [6.07, 6.45) is 14.5. The Morgan fingerprint density at radius 3 is 1.68 bits per heavy atom. The number of aliphatic hydroxyl groups excluding tert-OH is 1. The van der Waals surface area contributed by atoms with Gasteiger partial charge in [0.15, 0.2) is 0 Å². The number of quaternary nitrogens is 1. The van der Waals surface area contributed by atoms with Crippen LogP contribution in [0.5, 0.6) is 0 Å². The first kappa shape index (κ1) is 30.0. The summed E-state index contributed by atoms with van der Waals surface area (Å²) in [4.78, 5) is -0.178. The summed E-state index contributed by atoms with van der Waals surface area (Å²) in [6, 6.07) is 5.78. The van der Waals surface area contributed by atoms with Crippen LogP contribution in [0.4, 0.5) is 0 Å². The number of nitrogens with zero attached hydrogens (tertiary/aromatic N) is 1. The molecule has 1 aromatic rings. The molecule has 0 spiro atoms. The molecule has 6 heteroatoms. The largest absolute Gasteiger partial charge is 0.744 e. The molecular weight excluding hydrogens is 410 g/mol. The highest BCUT2D eigenvalue weighted by molar-refractivity contribution is 7.85. The van der Waals surface area contributed by atoms with Crippen LogP contribution >= 0.6 is 0 Å². The molecule has 5 nitrogen and oxygen atoms in total. The van der Waals surface area contributed by atoms with Crippen LogP contribution in [-0.4, -0.2) is 55.8 Å². The molecule has 0 radical (unpaired) electrons. The number of benzene rings is 1. The monoisotopic (exact) mass is 457 g/mol. The van der Waals surface area contributed by atoms with Gasteiger partial charge in [-0.15, -0.1) is 0 Å². The molecule has 0 fully saturated rings. The van der Waals surface area contributed by atoms with Gasteiger partial charge in [0.2, 0.25) is 0 Å². The Kier molecular flexibility index (Phi) is 17.0. The standard InChI is InChI=1S/C18H40NO.C7H8O3S/c1-4-6-8-9-10-12-16-19(3,15-11-7-5-2)17-13-14-18-20;1-6-2-4-7(5-3-6)11(8,9)10/h20H,4-18H2,1-3H3;2-5H,1H3,(H,8,9,10)/q+1;/p-1. The van der Waals surface area contributed by atoms with Crippen LogP contribution in [-0.2, 0) is 10.1 Å². The maximum absolute atomic E-state index is 10.4. The van der Waals surface area contributed by atoms with Crippen molar-refractivity contribution >= 4 is 10.1 Å². The fraction of sp³-hybridized carbons (Fsp3) is 0.760. The van der Waals surface area contributed by atoms with Gasteiger partial charge < -0.3 is 14.1 Å². The molecule has 182 valence electrons. The van der Waals surface area contributed by atoms with E-state index in [4.69, 9.17) is 5.11 Å². The molecule has 1 rings (SSSR count). The summed E-state index contributed by atoms with van der Waals surface area (Å²) in [5.74, 6) is 0. The highest BCUT2D eigenvalue weighted by Crippen LogP contribution is 2.14. The SMILES string of the molecule is CCCCCCCC[N+](C)(CCCCC)CCCCO.Cc1ccc(S(=O)(=O)[O-])cc1. The van der Waals surface area contributed by atoms with Crippen molar-refractivity contribution in [2.24, 2.45) is 0 Å². The lowest BCUT2D eigenvalue weighted by Gasteiger charge is -2.35. The van der Waals surface area contributed by atoms with E-state index in [0.717, 1.165) is 12.0 Å². The Bertz CT molecular complexity index is 634. The van der Waals surface area contributed by atoms with Crippen molar-refractivity contribution in [2.45, 2.75) is 96.3 Å². The average Bonchev–Trinajstić information content (AvgIpc) is 2.71. The van der Waals surface area contributed by atoms with Crippen molar-refractivity contribution in [3.05, 3.63) is 29.8 Å². The first-order chi connectivity index (χ1) is 14.7. The third kappa shape index (κ3) is 16.4. The normalized spacial score (nSPS) is 13.4. The van der Waals surface area contributed by atoms with E-state index < -0.39 is 10.1 Å². The predicted molar refractivity (Wildman–Crippen MR) is 129 cm³/mol. The number of hydrogen-bond acceptors (Lipinski definition) is 4. The van der Waals surface area contributed by atoms with E-state index in [1.165, 1.54) is 100 Å². The van der Waals surface area contributed by atoms with E-state index in [1.54, 1.807) is 12.1 Å². The zero-order chi connectivity index (χ0) is 23.6. The molecule has 0 aromatic heterocycles. The summed E-state index contributed by atoms with van der Waals surface area (Å²) in [5.41, 5.74) is 0.928. The van der Waals surface area contributed by atoms with Crippen molar-refractivity contribution in [1.82, 2.24) is 0 Å². The second-order valence-corrected chi connectivity index (χ2v) is 10.3. The molecule has 31 heavy (non-hydrogen) atoms. The molecule has 1 unspecified atom stereocenters. The van der Waals surface area contributed by atoms with Crippen molar-refractivity contribution in [3.8, 4) is 0 Å². The Balaban J connectivity index is 0.000000683. The van der Waals surface area contributed by atoms with E-state index in [-0.39, 0.29) is 4.90 Å². The lowest BCUT2D eigenvalue weighted by atomic mass is 10.1. The van der Waals surface area contributed by atoms with Crippen LogP contribution in [0.3, 0.4) is 0 Å². The summed E-state index contributed by atoms with van der Waals surface area (Å²) >= 11 is 0. The highest BCUT2D eigenvalue weighted by Gasteiger charge is 2.19. The Morgan fingerprint density at radius 1 is 0.774 bits per heavy atom. The Labute approximate surface area is 192 Å². The van der Waals surface area contributed by atoms with Crippen LogP contribution in [0.1, 0.15) is 90.0 Å². The third-order valence-corrected chi connectivity index (χ3v) is 6.62. The fourth-order valence-electron chi connectivity index (χ4n) is 3.66. The molecule has 0 saturated heterocycles. The van der Waals surface area contributed by atoms with Crippen molar-refractivity contribution in [2.75, 3.05) is 33.3 Å². The topological polar surface area (TPSA) is 77.4 Å². The number of aryl methyl sites for hydroxylation is 1. The van der Waals surface area contributed by atoms with Gasteiger partial charge in [0.05, 0.1) is 31.6 Å². The third-order valence-electron chi connectivity index (χ3n) is 5.77. The minimum absolute atomic E-state index is 0.178. The molecule has 1 N–H and O–H groups in total. The molecule has 0 saturated carbocycles. The van der Waals surface area contributed by atoms with Crippen molar-refractivity contribution in [1.29, 1.82) is 0 Å². The van der Waals surface area contributed by atoms with E-state index in [1.807, 2.05) is 6.92 Å². The van der Waals surface area contributed by atoms with Crippen LogP contribution in [0.2, 0.25) is 0 Å². The average molecular weight is 458 g/mol. The number of unbranched alkanes of at least 4 members (excludes halogenated alkanes) is 8. The molecule has 0 bridgehead atoms. The number of rotatable bonds is 16. The van der Waals surface area contributed by atoms with Gasteiger partial charge in [0, 0.05) is 6.61 Å². The number of aliphatic hydroxyl groups is 1. The predicted octanol–water partition coefficient (Wildman–Crippen LogP) is 5.66. The van der Waals surface area contributed by atoms with Crippen LogP contribution in [0.25, 0.3) is 0 Å². The summed E-state index contributed by atoms with van der Waals surface area (Å²) < 4.78 is 32.4. The van der Waals surface area contributed by atoms with Crippen molar-refractivity contribution < 1.29 is 22.6 Å². The summed E-state index contributed by atoms with van der Waals surface area (Å²) in [5, 5.41) is 8.97. The van der Waals surface area contributed by atoms with Gasteiger partial charge in [-0.2, -0.15) is 0 Å². The molecule has 0 aliphatic carbocycles. The zero-order valence-corrected chi connectivity index (χ0v) is 21.3. The van der Waals surface area contributed by atoms with Gasteiger partial charge in [0.1, 0.15) is 10.1 Å². The molecular formula is C25H47NO4S. The molecule has 0 heterocycles. The Morgan fingerprint density at radius 2 is 1.19 bits per heavy atom. The molecule has 1 aromatic carbocycles. The quantitative estimate of drug-likeness (QED) is 0.197. The zero-order valence-electron chi connectivity index (χ0n) is 20.4. The van der Waals surface area contributed by atoms with Gasteiger partial charge in [0.25, 0.3) is 0 Å². The van der Waals surface area contributed by atoms with Gasteiger partial charge in [-0.1, -0.05) is 63.6 Å². The van der Waals surface area contributed by atoms with Crippen LogP contribution in [0, 0.1) is 6.92 Å². The van der Waals surface area contributed by atoms with E-state index in [0.29, 0.717) is 6.61 Å². The first-order valence-corrected chi connectivity index (χ1v) is 13.6. The lowest BCUT2D eigenvalue weighted by Crippen LogP contribution is -2.46. The molecule has 1 atom stereocenters. The lowest BCUT2D eigenvalue weighted by molar-refractivity contribution is -0.910. The smallest absolute Gasteiger partial charge is 0.124 e. The molecule has 0 aliphatic rings. The van der Waals surface area contributed by atoms with Gasteiger partial charge >= 0.3 is 0 Å². The number of hydrogen-bond donors (Lipinski definition) is 1. The van der Waals surface area contributed by atoms with Gasteiger partial charge in [-0.3, -0.25) is 0 Å². The maximum Gasteiger partial charge on any atom is 0.124 e. The van der Waals surface area contributed by atoms with Crippen LogP contribution in [0.15, 0.2) is 29.2 Å². The van der Waals surface area contributed by atoms with E-state index >= 15 is 0 Å². The summed E-state index contributed by atoms with van der Waals surface area (Å²) in [7, 11) is -1.84. The second kappa shape index (κ2) is 17.6. The molecule has 0 amide bonds. The summed E-state index contributed by atoms with van der Waals surface area (Å²) in [6.45, 7) is 10.6. The first-order valence-electron chi connectivity index (χ1n) is 12.2. The Hall–Kier alpha value is -0.950. The maximum atomic E-state index is 10.4. The van der Waals surface area contributed by atoms with Gasteiger partial charge in [-0.05, 0) is 57.6 Å². The minimum Gasteiger partial charge on any atom is -0.744 e. The fourth-order valence-corrected chi connectivity index (χ4v) is 4.13. The van der Waals surface area contributed by atoms with Crippen molar-refractivity contribution in [3.63, 3.8) is 0 Å². The van der Waals surface area contributed by atoms with Gasteiger partial charge in [-0.25, -0.2) is 8.42 Å².